The highest BCUT2D eigenvalue weighted by molar-refractivity contribution is 5.85. The monoisotopic (exact) mass is 432 g/mol. The lowest BCUT2D eigenvalue weighted by molar-refractivity contribution is -0.142. The van der Waals surface area contributed by atoms with Crippen molar-refractivity contribution in [3.63, 3.8) is 0 Å². The van der Waals surface area contributed by atoms with Gasteiger partial charge in [-0.1, -0.05) is 0 Å². The van der Waals surface area contributed by atoms with Crippen LogP contribution in [0.1, 0.15) is 5.69 Å². The number of nitrogens with zero attached hydrogens (tertiary/aromatic N) is 5. The zero-order valence-corrected chi connectivity index (χ0v) is 18.4. The van der Waals surface area contributed by atoms with E-state index in [2.05, 4.69) is 44.2 Å². The van der Waals surface area contributed by atoms with E-state index in [0.29, 0.717) is 11.7 Å². The van der Waals surface area contributed by atoms with Crippen LogP contribution in [0.25, 0.3) is 10.9 Å². The van der Waals surface area contributed by atoms with E-state index in [1.807, 2.05) is 47.9 Å². The summed E-state index contributed by atoms with van der Waals surface area (Å²) in [5, 5.41) is 8.88. The molecule has 0 radical (unpaired) electrons. The Labute approximate surface area is 185 Å². The van der Waals surface area contributed by atoms with E-state index >= 15 is 0 Å². The zero-order valence-electron chi connectivity index (χ0n) is 18.4. The molecule has 9 heteroatoms. The first-order chi connectivity index (χ1) is 15.4. The van der Waals surface area contributed by atoms with Gasteiger partial charge in [0.15, 0.2) is 6.61 Å². The average molecular weight is 432 g/mol. The van der Waals surface area contributed by atoms with E-state index in [1.165, 1.54) is 7.11 Å². The largest absolute Gasteiger partial charge is 0.482 e. The molecule has 1 N–H and O–H groups in total. The van der Waals surface area contributed by atoms with Gasteiger partial charge < -0.3 is 19.7 Å². The summed E-state index contributed by atoms with van der Waals surface area (Å²) in [6, 6.07) is 15.2. The molecule has 0 aliphatic carbocycles. The number of esters is 1. The maximum absolute atomic E-state index is 11.2. The number of aryl methyl sites for hydroxylation is 2. The van der Waals surface area contributed by atoms with Gasteiger partial charge in [-0.15, -0.1) is 0 Å². The number of methoxy groups -OCH3 is 1. The van der Waals surface area contributed by atoms with Gasteiger partial charge in [0.25, 0.3) is 0 Å². The van der Waals surface area contributed by atoms with E-state index < -0.39 is 5.97 Å². The first-order valence-electron chi connectivity index (χ1n) is 10.0. The lowest BCUT2D eigenvalue weighted by Gasteiger charge is -2.19. The van der Waals surface area contributed by atoms with Gasteiger partial charge >= 0.3 is 5.97 Å². The Morgan fingerprint density at radius 1 is 1.16 bits per heavy atom. The van der Waals surface area contributed by atoms with Gasteiger partial charge in [0.1, 0.15) is 11.6 Å². The number of hydrogen-bond acceptors (Lipinski definition) is 8. The standard InChI is InChI=1S/C23H24N6O3/c1-15-19-10-7-17(13-20(19)27-29(15)3)28(2)21-11-12-24-23(26-21)25-16-5-8-18(9-6-16)32-14-22(30)31-4/h5-13H,14H2,1-4H3,(H,24,25,26). The van der Waals surface area contributed by atoms with Crippen LogP contribution >= 0.6 is 0 Å². The number of nitrogens with one attached hydrogen (secondary N) is 1. The van der Waals surface area contributed by atoms with Crippen molar-refractivity contribution in [3.05, 3.63) is 60.4 Å². The number of ether oxygens (including phenoxy) is 2. The molecule has 9 nitrogen and oxygen atoms in total. The molecule has 2 aromatic heterocycles. The third kappa shape index (κ3) is 4.46. The molecule has 164 valence electrons. The van der Waals surface area contributed by atoms with Gasteiger partial charge in [0, 0.05) is 42.7 Å². The van der Waals surface area contributed by atoms with Crippen LogP contribution in [0.2, 0.25) is 0 Å². The predicted molar refractivity (Wildman–Crippen MR) is 123 cm³/mol. The van der Waals surface area contributed by atoms with E-state index in [4.69, 9.17) is 4.74 Å². The summed E-state index contributed by atoms with van der Waals surface area (Å²) >= 11 is 0. The quantitative estimate of drug-likeness (QED) is 0.442. The van der Waals surface area contributed by atoms with Crippen LogP contribution in [0.5, 0.6) is 5.75 Å². The molecule has 2 aromatic carbocycles. The smallest absolute Gasteiger partial charge is 0.343 e. The topological polar surface area (TPSA) is 94.4 Å². The Balaban J connectivity index is 1.48. The number of benzene rings is 2. The molecule has 0 saturated heterocycles. The van der Waals surface area contributed by atoms with Crippen LogP contribution in [0.15, 0.2) is 54.7 Å². The van der Waals surface area contributed by atoms with Gasteiger partial charge in [0.05, 0.1) is 12.6 Å². The van der Waals surface area contributed by atoms with Gasteiger partial charge in [-0.3, -0.25) is 4.68 Å². The number of fused-ring (bicyclic) bond motifs is 1. The molecule has 0 fully saturated rings. The lowest BCUT2D eigenvalue weighted by Crippen LogP contribution is -2.12. The molecule has 0 bridgehead atoms. The molecule has 0 unspecified atom stereocenters. The number of carbonyl (C=O) groups excluding carboxylic acids is 1. The molecule has 32 heavy (non-hydrogen) atoms. The van der Waals surface area contributed by atoms with E-state index in [1.54, 1.807) is 18.3 Å². The highest BCUT2D eigenvalue weighted by Crippen LogP contribution is 2.27. The third-order valence-corrected chi connectivity index (χ3v) is 5.18. The van der Waals surface area contributed by atoms with E-state index in [-0.39, 0.29) is 6.61 Å². The third-order valence-electron chi connectivity index (χ3n) is 5.18. The van der Waals surface area contributed by atoms with Crippen molar-refractivity contribution < 1.29 is 14.3 Å². The molecular formula is C23H24N6O3. The van der Waals surface area contributed by atoms with E-state index in [0.717, 1.165) is 33.8 Å². The van der Waals surface area contributed by atoms with Crippen molar-refractivity contribution in [3.8, 4) is 5.75 Å². The average Bonchev–Trinajstić information content (AvgIpc) is 3.10. The van der Waals surface area contributed by atoms with Crippen molar-refractivity contribution in [2.75, 3.05) is 31.0 Å². The van der Waals surface area contributed by atoms with Gasteiger partial charge in [-0.2, -0.15) is 10.1 Å². The highest BCUT2D eigenvalue weighted by atomic mass is 16.6. The summed E-state index contributed by atoms with van der Waals surface area (Å²) in [4.78, 5) is 22.1. The Morgan fingerprint density at radius 3 is 2.69 bits per heavy atom. The summed E-state index contributed by atoms with van der Waals surface area (Å²) in [7, 11) is 5.22. The number of carbonyl (C=O) groups is 1. The van der Waals surface area contributed by atoms with Crippen LogP contribution < -0.4 is 15.0 Å². The molecule has 2 heterocycles. The molecule has 0 spiro atoms. The molecule has 0 atom stereocenters. The van der Waals surface area contributed by atoms with Crippen molar-refractivity contribution in [1.82, 2.24) is 19.7 Å². The molecule has 0 amide bonds. The summed E-state index contributed by atoms with van der Waals surface area (Å²) in [5.74, 6) is 1.34. The van der Waals surface area contributed by atoms with E-state index in [9.17, 15) is 4.79 Å². The van der Waals surface area contributed by atoms with Gasteiger partial charge in [0.2, 0.25) is 5.95 Å². The van der Waals surface area contributed by atoms with Crippen LogP contribution in [0, 0.1) is 6.92 Å². The van der Waals surface area contributed by atoms with Crippen molar-refractivity contribution in [2.24, 2.45) is 7.05 Å². The fourth-order valence-electron chi connectivity index (χ4n) is 3.22. The van der Waals surface area contributed by atoms with Crippen LogP contribution in [-0.4, -0.2) is 46.5 Å². The summed E-state index contributed by atoms with van der Waals surface area (Å²) in [6.45, 7) is 1.92. The zero-order chi connectivity index (χ0) is 22.7. The maximum atomic E-state index is 11.2. The maximum Gasteiger partial charge on any atom is 0.343 e. The Bertz CT molecular complexity index is 1250. The minimum atomic E-state index is -0.432. The first kappa shape index (κ1) is 21.1. The molecule has 4 rings (SSSR count). The second kappa shape index (κ2) is 8.93. The Morgan fingerprint density at radius 2 is 1.94 bits per heavy atom. The van der Waals surface area contributed by atoms with Crippen molar-refractivity contribution in [1.29, 1.82) is 0 Å². The number of aromatic nitrogens is 4. The Kier molecular flexibility index (Phi) is 5.89. The fourth-order valence-corrected chi connectivity index (χ4v) is 3.22. The van der Waals surface area contributed by atoms with Gasteiger partial charge in [-0.25, -0.2) is 9.78 Å². The molecule has 0 saturated carbocycles. The summed E-state index contributed by atoms with van der Waals surface area (Å²) in [6.07, 6.45) is 1.71. The van der Waals surface area contributed by atoms with Crippen LogP contribution in [-0.2, 0) is 16.6 Å². The second-order valence-corrected chi connectivity index (χ2v) is 7.22. The first-order valence-corrected chi connectivity index (χ1v) is 10.0. The van der Waals surface area contributed by atoms with Crippen LogP contribution in [0.3, 0.4) is 0 Å². The van der Waals surface area contributed by atoms with Crippen molar-refractivity contribution in [2.45, 2.75) is 6.92 Å². The normalized spacial score (nSPS) is 10.8. The minimum Gasteiger partial charge on any atom is -0.482 e. The second-order valence-electron chi connectivity index (χ2n) is 7.22. The summed E-state index contributed by atoms with van der Waals surface area (Å²) in [5.41, 5.74) is 3.84. The fraction of sp³-hybridized carbons (Fsp3) is 0.217. The molecular weight excluding hydrogens is 408 g/mol. The Hall–Kier alpha value is -4.14. The predicted octanol–water partition coefficient (Wildman–Crippen LogP) is 3.74. The molecule has 4 aromatic rings. The number of anilines is 4. The number of hydrogen-bond donors (Lipinski definition) is 1. The SMILES string of the molecule is COC(=O)COc1ccc(Nc2nccc(N(C)c3ccc4c(C)n(C)nc4c3)n2)cc1. The lowest BCUT2D eigenvalue weighted by atomic mass is 10.2. The highest BCUT2D eigenvalue weighted by Gasteiger charge is 2.11. The van der Waals surface area contributed by atoms with Gasteiger partial charge in [-0.05, 0) is 55.5 Å². The molecule has 0 aliphatic rings. The summed E-state index contributed by atoms with van der Waals surface area (Å²) < 4.78 is 11.8. The minimum absolute atomic E-state index is 0.134. The molecule has 0 aliphatic heterocycles. The van der Waals surface area contributed by atoms with Crippen LogP contribution in [0.4, 0.5) is 23.1 Å². The number of rotatable bonds is 7. The van der Waals surface area contributed by atoms with Crippen molar-refractivity contribution >= 4 is 40.0 Å².